The molecular formula is C20H25N3O4S. The summed E-state index contributed by atoms with van der Waals surface area (Å²) in [5.41, 5.74) is 2.52. The number of para-hydroxylation sites is 2. The predicted octanol–water partition coefficient (Wildman–Crippen LogP) is 2.38. The van der Waals surface area contributed by atoms with Crippen LogP contribution in [0.2, 0.25) is 0 Å². The Labute approximate surface area is 166 Å². The maximum Gasteiger partial charge on any atom is 0.245 e. The third-order valence-electron chi connectivity index (χ3n) is 4.31. The minimum Gasteiger partial charge on any atom is -0.342 e. The summed E-state index contributed by atoms with van der Waals surface area (Å²) >= 11 is 0. The van der Waals surface area contributed by atoms with Crippen molar-refractivity contribution >= 4 is 33.2 Å². The van der Waals surface area contributed by atoms with E-state index in [2.05, 4.69) is 5.32 Å². The molecule has 0 aromatic heterocycles. The second kappa shape index (κ2) is 8.88. The summed E-state index contributed by atoms with van der Waals surface area (Å²) in [6.07, 6.45) is 1.07. The monoisotopic (exact) mass is 403 g/mol. The van der Waals surface area contributed by atoms with Crippen LogP contribution in [0.4, 0.5) is 11.4 Å². The molecule has 0 aliphatic carbocycles. The average molecular weight is 404 g/mol. The highest BCUT2D eigenvalue weighted by Crippen LogP contribution is 2.22. The summed E-state index contributed by atoms with van der Waals surface area (Å²) < 4.78 is 25.6. The van der Waals surface area contributed by atoms with Crippen molar-refractivity contribution < 1.29 is 18.0 Å². The Bertz CT molecular complexity index is 973. The number of carbonyl (C=O) groups excluding carboxylic acids is 2. The molecule has 2 aromatic carbocycles. The number of hydrogen-bond acceptors (Lipinski definition) is 4. The fourth-order valence-corrected chi connectivity index (χ4v) is 3.61. The van der Waals surface area contributed by atoms with E-state index in [9.17, 15) is 18.0 Å². The van der Waals surface area contributed by atoms with Crippen LogP contribution < -0.4 is 9.62 Å². The van der Waals surface area contributed by atoms with Crippen molar-refractivity contribution in [3.05, 3.63) is 59.7 Å². The van der Waals surface area contributed by atoms with Crippen LogP contribution in [0.15, 0.2) is 48.5 Å². The summed E-state index contributed by atoms with van der Waals surface area (Å²) in [7, 11) is -1.98. The van der Waals surface area contributed by atoms with E-state index in [1.807, 2.05) is 12.1 Å². The number of carbonyl (C=O) groups is 2. The minimum atomic E-state index is -3.65. The van der Waals surface area contributed by atoms with Gasteiger partial charge in [0.1, 0.15) is 6.54 Å². The van der Waals surface area contributed by atoms with E-state index in [1.165, 1.54) is 11.8 Å². The van der Waals surface area contributed by atoms with Gasteiger partial charge in [-0.15, -0.1) is 0 Å². The standard InChI is InChI=1S/C20H25N3O4S/c1-15-9-5-8-12-19(15)23(28(4,26)27)14-20(25)21-18-11-7-6-10-17(18)13-22(3)16(2)24/h5-12H,13-14H2,1-4H3,(H,21,25). The molecule has 0 atom stereocenters. The average Bonchev–Trinajstić information content (AvgIpc) is 2.61. The lowest BCUT2D eigenvalue weighted by Crippen LogP contribution is -2.38. The first-order valence-corrected chi connectivity index (χ1v) is 10.6. The van der Waals surface area contributed by atoms with Crippen molar-refractivity contribution in [2.75, 3.05) is 29.5 Å². The van der Waals surface area contributed by atoms with Crippen LogP contribution in [-0.2, 0) is 26.2 Å². The van der Waals surface area contributed by atoms with Crippen LogP contribution in [-0.4, -0.2) is 45.0 Å². The molecule has 0 bridgehead atoms. The van der Waals surface area contributed by atoms with Gasteiger partial charge in [-0.25, -0.2) is 8.42 Å². The number of nitrogens with zero attached hydrogens (tertiary/aromatic N) is 2. The van der Waals surface area contributed by atoms with Crippen molar-refractivity contribution in [1.29, 1.82) is 0 Å². The SMILES string of the molecule is CC(=O)N(C)Cc1ccccc1NC(=O)CN(c1ccccc1C)S(C)(=O)=O. The van der Waals surface area contributed by atoms with Gasteiger partial charge in [0.05, 0.1) is 11.9 Å². The maximum absolute atomic E-state index is 12.6. The molecule has 0 fully saturated rings. The van der Waals surface area contributed by atoms with Crippen LogP contribution in [0.3, 0.4) is 0 Å². The van der Waals surface area contributed by atoms with Crippen LogP contribution in [0.25, 0.3) is 0 Å². The largest absolute Gasteiger partial charge is 0.342 e. The Morgan fingerprint density at radius 3 is 2.25 bits per heavy atom. The van der Waals surface area contributed by atoms with Gasteiger partial charge in [-0.05, 0) is 30.2 Å². The lowest BCUT2D eigenvalue weighted by atomic mass is 10.1. The number of benzene rings is 2. The number of nitrogens with one attached hydrogen (secondary N) is 1. The highest BCUT2D eigenvalue weighted by atomic mass is 32.2. The van der Waals surface area contributed by atoms with E-state index in [0.29, 0.717) is 17.9 Å². The molecule has 0 unspecified atom stereocenters. The molecule has 2 rings (SSSR count). The Hall–Kier alpha value is -2.87. The van der Waals surface area contributed by atoms with Crippen LogP contribution in [0, 0.1) is 6.92 Å². The molecule has 7 nitrogen and oxygen atoms in total. The van der Waals surface area contributed by atoms with E-state index in [-0.39, 0.29) is 12.5 Å². The molecule has 0 radical (unpaired) electrons. The Balaban J connectivity index is 2.23. The summed E-state index contributed by atoms with van der Waals surface area (Å²) in [4.78, 5) is 25.6. The molecule has 1 N–H and O–H groups in total. The van der Waals surface area contributed by atoms with Crippen molar-refractivity contribution in [1.82, 2.24) is 4.90 Å². The predicted molar refractivity (Wildman–Crippen MR) is 111 cm³/mol. The molecule has 8 heteroatoms. The first-order valence-electron chi connectivity index (χ1n) is 8.72. The molecule has 0 aliphatic rings. The molecule has 0 saturated heterocycles. The summed E-state index contributed by atoms with van der Waals surface area (Å²) in [6, 6.07) is 14.1. The first-order chi connectivity index (χ1) is 13.1. The highest BCUT2D eigenvalue weighted by molar-refractivity contribution is 7.92. The molecule has 150 valence electrons. The second-order valence-corrected chi connectivity index (χ2v) is 8.54. The van der Waals surface area contributed by atoms with Crippen molar-refractivity contribution in [2.24, 2.45) is 0 Å². The number of anilines is 2. The second-order valence-electron chi connectivity index (χ2n) is 6.64. The molecule has 2 aromatic rings. The van der Waals surface area contributed by atoms with Gasteiger partial charge in [0.25, 0.3) is 0 Å². The summed E-state index contributed by atoms with van der Waals surface area (Å²) in [6.45, 7) is 3.24. The quantitative estimate of drug-likeness (QED) is 0.769. The van der Waals surface area contributed by atoms with E-state index < -0.39 is 15.9 Å². The van der Waals surface area contributed by atoms with E-state index >= 15 is 0 Å². The van der Waals surface area contributed by atoms with Gasteiger partial charge in [-0.1, -0.05) is 36.4 Å². The fraction of sp³-hybridized carbons (Fsp3) is 0.300. The third-order valence-corrected chi connectivity index (χ3v) is 5.43. The fourth-order valence-electron chi connectivity index (χ4n) is 2.69. The Morgan fingerprint density at radius 2 is 1.64 bits per heavy atom. The lowest BCUT2D eigenvalue weighted by molar-refractivity contribution is -0.128. The number of sulfonamides is 1. The molecular weight excluding hydrogens is 378 g/mol. The molecule has 2 amide bonds. The molecule has 0 spiro atoms. The first kappa shape index (κ1) is 21.4. The smallest absolute Gasteiger partial charge is 0.245 e. The summed E-state index contributed by atoms with van der Waals surface area (Å²) in [5.74, 6) is -0.560. The van der Waals surface area contributed by atoms with Gasteiger partial charge >= 0.3 is 0 Å². The van der Waals surface area contributed by atoms with Gasteiger partial charge in [-0.2, -0.15) is 0 Å². The number of amides is 2. The van der Waals surface area contributed by atoms with Crippen molar-refractivity contribution in [3.63, 3.8) is 0 Å². The van der Waals surface area contributed by atoms with E-state index in [4.69, 9.17) is 0 Å². The Morgan fingerprint density at radius 1 is 1.04 bits per heavy atom. The maximum atomic E-state index is 12.6. The zero-order valence-corrected chi connectivity index (χ0v) is 17.3. The number of rotatable bonds is 7. The zero-order valence-electron chi connectivity index (χ0n) is 16.5. The van der Waals surface area contributed by atoms with Crippen molar-refractivity contribution in [3.8, 4) is 0 Å². The van der Waals surface area contributed by atoms with Gasteiger partial charge in [-0.3, -0.25) is 13.9 Å². The molecule has 0 saturated carbocycles. The van der Waals surface area contributed by atoms with Crippen LogP contribution in [0.1, 0.15) is 18.1 Å². The third kappa shape index (κ3) is 5.56. The van der Waals surface area contributed by atoms with Crippen LogP contribution >= 0.6 is 0 Å². The number of aryl methyl sites for hydroxylation is 1. The van der Waals surface area contributed by atoms with Gasteiger partial charge in [0.2, 0.25) is 21.8 Å². The topological polar surface area (TPSA) is 86.8 Å². The van der Waals surface area contributed by atoms with Gasteiger partial charge < -0.3 is 10.2 Å². The molecule has 0 aliphatic heterocycles. The normalized spacial score (nSPS) is 11.0. The lowest BCUT2D eigenvalue weighted by Gasteiger charge is -2.24. The number of hydrogen-bond donors (Lipinski definition) is 1. The van der Waals surface area contributed by atoms with E-state index in [0.717, 1.165) is 21.7 Å². The van der Waals surface area contributed by atoms with Crippen LogP contribution in [0.5, 0.6) is 0 Å². The van der Waals surface area contributed by atoms with Gasteiger partial charge in [0, 0.05) is 26.2 Å². The minimum absolute atomic E-state index is 0.0936. The Kier molecular flexibility index (Phi) is 6.80. The highest BCUT2D eigenvalue weighted by Gasteiger charge is 2.22. The van der Waals surface area contributed by atoms with Crippen molar-refractivity contribution in [2.45, 2.75) is 20.4 Å². The zero-order chi connectivity index (χ0) is 20.9. The summed E-state index contributed by atoms with van der Waals surface area (Å²) in [5, 5.41) is 2.76. The van der Waals surface area contributed by atoms with Gasteiger partial charge in [0.15, 0.2) is 0 Å². The molecule has 28 heavy (non-hydrogen) atoms. The molecule has 0 heterocycles. The van der Waals surface area contributed by atoms with E-state index in [1.54, 1.807) is 50.4 Å².